The second-order valence-electron chi connectivity index (χ2n) is 5.43. The Morgan fingerprint density at radius 3 is 1.92 bits per heavy atom. The Kier molecular flexibility index (Phi) is 3.54. The van der Waals surface area contributed by atoms with Crippen molar-refractivity contribution >= 4 is 27.5 Å². The second kappa shape index (κ2) is 5.73. The van der Waals surface area contributed by atoms with Gasteiger partial charge in [0.25, 0.3) is 0 Å². The van der Waals surface area contributed by atoms with Crippen LogP contribution in [0.4, 0.5) is 0 Å². The Bertz CT molecular complexity index is 982. The molecule has 0 saturated carbocycles. The second-order valence-corrected chi connectivity index (χ2v) is 6.28. The van der Waals surface area contributed by atoms with Gasteiger partial charge in [0.15, 0.2) is 11.5 Å². The van der Waals surface area contributed by atoms with Gasteiger partial charge in [-0.1, -0.05) is 60.7 Å². The van der Waals surface area contributed by atoms with Crippen molar-refractivity contribution in [2.75, 3.05) is 0 Å². The van der Waals surface area contributed by atoms with E-state index in [1.165, 1.54) is 6.08 Å². The molecule has 1 aliphatic rings. The highest BCUT2D eigenvalue weighted by Crippen LogP contribution is 2.42. The normalized spacial score (nSPS) is 13.6. The maximum absolute atomic E-state index is 12.6. The average molecular weight is 379 g/mol. The van der Waals surface area contributed by atoms with Crippen LogP contribution in [0, 0.1) is 0 Å². The third-order valence-corrected chi connectivity index (χ3v) is 4.52. The minimum absolute atomic E-state index is 0.0899. The van der Waals surface area contributed by atoms with Crippen molar-refractivity contribution in [2.24, 2.45) is 0 Å². The van der Waals surface area contributed by atoms with Crippen LogP contribution >= 0.6 is 15.9 Å². The summed E-state index contributed by atoms with van der Waals surface area (Å²) < 4.78 is 6.11. The zero-order valence-corrected chi connectivity index (χ0v) is 14.0. The van der Waals surface area contributed by atoms with Gasteiger partial charge in [0.1, 0.15) is 5.76 Å². The van der Waals surface area contributed by atoms with Gasteiger partial charge in [-0.3, -0.25) is 9.59 Å². The van der Waals surface area contributed by atoms with E-state index in [1.807, 2.05) is 60.7 Å². The van der Waals surface area contributed by atoms with Crippen LogP contribution in [0.1, 0.15) is 20.9 Å². The number of furan rings is 1. The van der Waals surface area contributed by atoms with E-state index in [0.717, 1.165) is 11.1 Å². The summed E-state index contributed by atoms with van der Waals surface area (Å²) in [7, 11) is 0. The molecule has 0 bridgehead atoms. The number of Topliss-reactive ketones (excluding diaryl/α,β-unsaturated/α-hetero) is 1. The van der Waals surface area contributed by atoms with E-state index in [2.05, 4.69) is 15.9 Å². The molecule has 3 nitrogen and oxygen atoms in total. The van der Waals surface area contributed by atoms with Crippen molar-refractivity contribution in [2.45, 2.75) is 0 Å². The maximum Gasteiger partial charge on any atom is 0.236 e. The summed E-state index contributed by atoms with van der Waals surface area (Å²) in [5, 5.41) is 0. The van der Waals surface area contributed by atoms with Gasteiger partial charge in [0.05, 0.1) is 10.0 Å². The van der Waals surface area contributed by atoms with Gasteiger partial charge in [0, 0.05) is 17.2 Å². The van der Waals surface area contributed by atoms with Gasteiger partial charge in [-0.25, -0.2) is 0 Å². The molecule has 1 aromatic heterocycles. The summed E-state index contributed by atoms with van der Waals surface area (Å²) in [5.41, 5.74) is 2.65. The number of carbonyl (C=O) groups is 2. The molecule has 3 aromatic rings. The summed E-state index contributed by atoms with van der Waals surface area (Å²) in [5.74, 6) is 0.0707. The Labute approximate surface area is 146 Å². The van der Waals surface area contributed by atoms with Crippen molar-refractivity contribution < 1.29 is 14.0 Å². The molecule has 1 heterocycles. The topological polar surface area (TPSA) is 47.3 Å². The highest BCUT2D eigenvalue weighted by Gasteiger charge is 2.34. The van der Waals surface area contributed by atoms with E-state index in [0.29, 0.717) is 16.9 Å². The molecule has 0 atom stereocenters. The molecule has 0 unspecified atom stereocenters. The number of ketones is 2. The zero-order chi connectivity index (χ0) is 16.7. The van der Waals surface area contributed by atoms with Crippen LogP contribution in [0.25, 0.3) is 22.5 Å². The molecule has 0 amide bonds. The van der Waals surface area contributed by atoms with Crippen LogP contribution in [-0.4, -0.2) is 11.6 Å². The predicted octanol–water partition coefficient (Wildman–Crippen LogP) is 5.27. The summed E-state index contributed by atoms with van der Waals surface area (Å²) in [6.07, 6.45) is 1.31. The van der Waals surface area contributed by atoms with Crippen LogP contribution < -0.4 is 0 Å². The van der Waals surface area contributed by atoms with Gasteiger partial charge in [-0.15, -0.1) is 0 Å². The Hall–Kier alpha value is -2.72. The van der Waals surface area contributed by atoms with Gasteiger partial charge >= 0.3 is 0 Å². The largest absolute Gasteiger partial charge is 0.451 e. The van der Waals surface area contributed by atoms with Crippen LogP contribution in [-0.2, 0) is 0 Å². The Morgan fingerprint density at radius 2 is 1.29 bits per heavy atom. The lowest BCUT2D eigenvalue weighted by Gasteiger charge is -2.08. The lowest BCUT2D eigenvalue weighted by Crippen LogP contribution is -2.12. The van der Waals surface area contributed by atoms with E-state index >= 15 is 0 Å². The predicted molar refractivity (Wildman–Crippen MR) is 95.3 cm³/mol. The molecule has 4 heteroatoms. The summed E-state index contributed by atoms with van der Waals surface area (Å²) in [6, 6.07) is 19.0. The third-order valence-electron chi connectivity index (χ3n) is 3.93. The van der Waals surface area contributed by atoms with Crippen LogP contribution in [0.3, 0.4) is 0 Å². The molecule has 0 spiro atoms. The number of hydrogen-bond donors (Lipinski definition) is 0. The molecule has 24 heavy (non-hydrogen) atoms. The lowest BCUT2D eigenvalue weighted by molar-refractivity contribution is 0.0973. The van der Waals surface area contributed by atoms with Crippen molar-refractivity contribution in [3.05, 3.63) is 82.5 Å². The number of benzene rings is 2. The molecule has 116 valence electrons. The highest BCUT2D eigenvalue weighted by atomic mass is 79.9. The highest BCUT2D eigenvalue weighted by molar-refractivity contribution is 9.12. The monoisotopic (exact) mass is 378 g/mol. The fraction of sp³-hybridized carbons (Fsp3) is 0. The number of fused-ring (bicyclic) bond motifs is 1. The average Bonchev–Trinajstić information content (AvgIpc) is 3.02. The van der Waals surface area contributed by atoms with Crippen molar-refractivity contribution in [1.82, 2.24) is 0 Å². The van der Waals surface area contributed by atoms with Crippen LogP contribution in [0.2, 0.25) is 0 Å². The molecule has 0 radical (unpaired) electrons. The summed E-state index contributed by atoms with van der Waals surface area (Å²) in [4.78, 5) is 25.0. The maximum atomic E-state index is 12.6. The quantitative estimate of drug-likeness (QED) is 0.609. The molecule has 0 fully saturated rings. The number of allylic oxidation sites excluding steroid dienone is 2. The molecule has 4 rings (SSSR count). The van der Waals surface area contributed by atoms with Crippen molar-refractivity contribution in [1.29, 1.82) is 0 Å². The molecule has 0 aliphatic heterocycles. The van der Waals surface area contributed by atoms with Gasteiger partial charge in [0.2, 0.25) is 5.78 Å². The lowest BCUT2D eigenvalue weighted by atomic mass is 9.92. The molecular weight excluding hydrogens is 368 g/mol. The first-order valence-electron chi connectivity index (χ1n) is 7.40. The molecule has 0 saturated heterocycles. The van der Waals surface area contributed by atoms with Crippen LogP contribution in [0.15, 0.2) is 75.6 Å². The standard InChI is InChI=1S/C20H11BrO3/c21-14-11-15(22)17-16(12-7-3-1-4-8-12)19(24-20(17)18(14)23)13-9-5-2-6-10-13/h1-11H. The number of hydrogen-bond acceptors (Lipinski definition) is 3. The third kappa shape index (κ3) is 2.27. The number of halogens is 1. The van der Waals surface area contributed by atoms with Gasteiger partial charge < -0.3 is 4.42 Å². The minimum atomic E-state index is -0.316. The fourth-order valence-electron chi connectivity index (χ4n) is 2.86. The first-order valence-corrected chi connectivity index (χ1v) is 8.20. The summed E-state index contributed by atoms with van der Waals surface area (Å²) in [6.45, 7) is 0. The van der Waals surface area contributed by atoms with E-state index in [4.69, 9.17) is 4.42 Å². The van der Waals surface area contributed by atoms with Crippen molar-refractivity contribution in [3.63, 3.8) is 0 Å². The van der Waals surface area contributed by atoms with E-state index in [1.54, 1.807) is 0 Å². The molecule has 1 aliphatic carbocycles. The van der Waals surface area contributed by atoms with E-state index < -0.39 is 0 Å². The minimum Gasteiger partial charge on any atom is -0.451 e. The number of rotatable bonds is 2. The molecular formula is C20H11BrO3. The van der Waals surface area contributed by atoms with Gasteiger partial charge in [-0.05, 0) is 21.5 Å². The Balaban J connectivity index is 2.06. The van der Waals surface area contributed by atoms with Crippen LogP contribution in [0.5, 0.6) is 0 Å². The van der Waals surface area contributed by atoms with E-state index in [-0.39, 0.29) is 21.8 Å². The zero-order valence-electron chi connectivity index (χ0n) is 12.5. The van der Waals surface area contributed by atoms with Crippen molar-refractivity contribution in [3.8, 4) is 22.5 Å². The number of carbonyl (C=O) groups excluding carboxylic acids is 2. The molecule has 0 N–H and O–H groups in total. The first-order chi connectivity index (χ1) is 11.7. The molecule has 2 aromatic carbocycles. The fourth-order valence-corrected chi connectivity index (χ4v) is 3.25. The Morgan fingerprint density at radius 1 is 0.708 bits per heavy atom. The van der Waals surface area contributed by atoms with E-state index in [9.17, 15) is 9.59 Å². The SMILES string of the molecule is O=C1C(Br)=CC(=O)c2c1oc(-c1ccccc1)c2-c1ccccc1. The van der Waals surface area contributed by atoms with Gasteiger partial charge in [-0.2, -0.15) is 0 Å². The smallest absolute Gasteiger partial charge is 0.236 e. The first kappa shape index (κ1) is 14.8. The summed E-state index contributed by atoms with van der Waals surface area (Å²) >= 11 is 3.14.